The van der Waals surface area contributed by atoms with Crippen molar-refractivity contribution in [2.75, 3.05) is 0 Å². The zero-order valence-corrected chi connectivity index (χ0v) is 10.8. The molecule has 3 rings (SSSR count). The Morgan fingerprint density at radius 1 is 1.11 bits per heavy atom. The monoisotopic (exact) mass is 265 g/mol. The van der Waals surface area contributed by atoms with Gasteiger partial charge in [0.1, 0.15) is 11.0 Å². The minimum Gasteiger partial charge on any atom is -0.204 e. The first-order valence-corrected chi connectivity index (χ1v) is 7.75. The maximum atomic E-state index is 12.5. The minimum absolute atomic E-state index is 0.309. The third kappa shape index (κ3) is 1.80. The third-order valence-corrected chi connectivity index (χ3v) is 5.60. The van der Waals surface area contributed by atoms with Crippen LogP contribution >= 0.6 is 0 Å². The summed E-state index contributed by atoms with van der Waals surface area (Å²) in [5.41, 5.74) is 1.19. The number of hydrogen-bond donors (Lipinski definition) is 0. The molecule has 18 heavy (non-hydrogen) atoms. The van der Waals surface area contributed by atoms with E-state index < -0.39 is 10.0 Å². The quantitative estimate of drug-likeness (QED) is 0.832. The number of fused-ring (bicyclic) bond motifs is 1. The fourth-order valence-electron chi connectivity index (χ4n) is 2.54. The van der Waals surface area contributed by atoms with Gasteiger partial charge in [0, 0.05) is 0 Å². The van der Waals surface area contributed by atoms with Crippen molar-refractivity contribution in [3.05, 3.63) is 24.3 Å². The summed E-state index contributed by atoms with van der Waals surface area (Å²) in [5.74, 6) is 0. The Kier molecular flexibility index (Phi) is 2.81. The molecule has 0 amide bonds. The third-order valence-electron chi connectivity index (χ3n) is 3.54. The molecule has 1 saturated carbocycles. The number of para-hydroxylation sites is 1. The second-order valence-corrected chi connectivity index (χ2v) is 6.77. The van der Waals surface area contributed by atoms with Gasteiger partial charge in [0.2, 0.25) is 0 Å². The van der Waals surface area contributed by atoms with E-state index in [1.807, 2.05) is 6.07 Å². The Morgan fingerprint density at radius 3 is 2.61 bits per heavy atom. The summed E-state index contributed by atoms with van der Waals surface area (Å²) >= 11 is 0. The van der Waals surface area contributed by atoms with Gasteiger partial charge in [0.05, 0.1) is 5.25 Å². The van der Waals surface area contributed by atoms with Crippen LogP contribution in [0.2, 0.25) is 0 Å². The van der Waals surface area contributed by atoms with Crippen LogP contribution in [0.25, 0.3) is 11.0 Å². The van der Waals surface area contributed by atoms with E-state index in [4.69, 9.17) is 0 Å². The molecule has 6 heteroatoms. The van der Waals surface area contributed by atoms with E-state index >= 15 is 0 Å². The Balaban J connectivity index is 2.07. The highest BCUT2D eigenvalue weighted by atomic mass is 32.2. The lowest BCUT2D eigenvalue weighted by Gasteiger charge is -2.21. The first-order chi connectivity index (χ1) is 8.69. The summed E-state index contributed by atoms with van der Waals surface area (Å²) in [5, 5.41) is 7.43. The average molecular weight is 265 g/mol. The lowest BCUT2D eigenvalue weighted by atomic mass is 10.0. The lowest BCUT2D eigenvalue weighted by molar-refractivity contribution is 0.477. The van der Waals surface area contributed by atoms with Crippen LogP contribution in [0.4, 0.5) is 0 Å². The van der Waals surface area contributed by atoms with Crippen molar-refractivity contribution in [2.24, 2.45) is 0 Å². The van der Waals surface area contributed by atoms with E-state index in [1.165, 1.54) is 0 Å². The van der Waals surface area contributed by atoms with E-state index in [9.17, 15) is 8.42 Å². The predicted octanol–water partition coefficient (Wildman–Crippen LogP) is 1.94. The molecular formula is C12H15N3O2S. The molecule has 1 aliphatic carbocycles. The number of hydrogen-bond acceptors (Lipinski definition) is 4. The first kappa shape index (κ1) is 11.6. The van der Waals surface area contributed by atoms with Crippen molar-refractivity contribution < 1.29 is 8.42 Å². The Morgan fingerprint density at radius 2 is 1.83 bits per heavy atom. The van der Waals surface area contributed by atoms with Crippen LogP contribution in [0.3, 0.4) is 0 Å². The maximum absolute atomic E-state index is 12.5. The SMILES string of the molecule is O=S(=O)(C1CCCCC1)n1nnc2ccccc21. The fraction of sp³-hybridized carbons (Fsp3) is 0.500. The van der Waals surface area contributed by atoms with Crippen LogP contribution in [0.1, 0.15) is 32.1 Å². The molecular weight excluding hydrogens is 250 g/mol. The van der Waals surface area contributed by atoms with Gasteiger partial charge in [-0.3, -0.25) is 0 Å². The van der Waals surface area contributed by atoms with Crippen molar-refractivity contribution in [2.45, 2.75) is 37.4 Å². The van der Waals surface area contributed by atoms with Gasteiger partial charge in [-0.1, -0.05) is 36.6 Å². The van der Waals surface area contributed by atoms with Crippen LogP contribution in [0.15, 0.2) is 24.3 Å². The lowest BCUT2D eigenvalue weighted by Crippen LogP contribution is -2.30. The highest BCUT2D eigenvalue weighted by Gasteiger charge is 2.30. The highest BCUT2D eigenvalue weighted by molar-refractivity contribution is 7.90. The molecule has 0 atom stereocenters. The number of aromatic nitrogens is 3. The van der Waals surface area contributed by atoms with Crippen molar-refractivity contribution in [3.63, 3.8) is 0 Å². The molecule has 0 radical (unpaired) electrons. The van der Waals surface area contributed by atoms with E-state index in [-0.39, 0.29) is 5.25 Å². The summed E-state index contributed by atoms with van der Waals surface area (Å²) in [7, 11) is -3.40. The first-order valence-electron chi connectivity index (χ1n) is 6.24. The zero-order chi connectivity index (χ0) is 12.6. The van der Waals surface area contributed by atoms with Gasteiger partial charge >= 0.3 is 0 Å². The second-order valence-electron chi connectivity index (χ2n) is 4.73. The van der Waals surface area contributed by atoms with E-state index in [1.54, 1.807) is 18.2 Å². The van der Waals surface area contributed by atoms with Gasteiger partial charge in [0.25, 0.3) is 10.0 Å². The minimum atomic E-state index is -3.40. The summed E-state index contributed by atoms with van der Waals surface area (Å²) in [6.07, 6.45) is 4.56. The highest BCUT2D eigenvalue weighted by Crippen LogP contribution is 2.26. The fourth-order valence-corrected chi connectivity index (χ4v) is 4.32. The van der Waals surface area contributed by atoms with E-state index in [0.717, 1.165) is 36.2 Å². The molecule has 5 nitrogen and oxygen atoms in total. The molecule has 96 valence electrons. The number of rotatable bonds is 2. The van der Waals surface area contributed by atoms with Crippen molar-refractivity contribution in [1.29, 1.82) is 0 Å². The van der Waals surface area contributed by atoms with Gasteiger partial charge in [-0.05, 0) is 25.0 Å². The number of nitrogens with zero attached hydrogens (tertiary/aromatic N) is 3. The van der Waals surface area contributed by atoms with Crippen molar-refractivity contribution in [3.8, 4) is 0 Å². The van der Waals surface area contributed by atoms with E-state index in [0.29, 0.717) is 11.0 Å². The zero-order valence-electron chi connectivity index (χ0n) is 9.99. The molecule has 0 aliphatic heterocycles. The van der Waals surface area contributed by atoms with Gasteiger partial charge in [-0.15, -0.1) is 9.19 Å². The van der Waals surface area contributed by atoms with Crippen LogP contribution in [0, 0.1) is 0 Å². The summed E-state index contributed by atoms with van der Waals surface area (Å²) in [6, 6.07) is 7.15. The molecule has 0 spiro atoms. The summed E-state index contributed by atoms with van der Waals surface area (Å²) < 4.78 is 26.2. The Hall–Kier alpha value is -1.43. The van der Waals surface area contributed by atoms with Gasteiger partial charge in [-0.2, -0.15) is 0 Å². The Bertz CT molecular complexity index is 657. The molecule has 1 fully saturated rings. The van der Waals surface area contributed by atoms with Crippen molar-refractivity contribution in [1.82, 2.24) is 14.4 Å². The molecule has 0 saturated heterocycles. The molecule has 1 heterocycles. The van der Waals surface area contributed by atoms with Crippen LogP contribution in [-0.4, -0.2) is 28.1 Å². The summed E-state index contributed by atoms with van der Waals surface area (Å²) in [6.45, 7) is 0. The van der Waals surface area contributed by atoms with Crippen LogP contribution < -0.4 is 0 Å². The topological polar surface area (TPSA) is 64.8 Å². The molecule has 0 unspecified atom stereocenters. The maximum Gasteiger partial charge on any atom is 0.258 e. The second kappa shape index (κ2) is 4.35. The van der Waals surface area contributed by atoms with Gasteiger partial charge in [-0.25, -0.2) is 8.42 Å². The molecule has 0 bridgehead atoms. The molecule has 2 aromatic rings. The average Bonchev–Trinajstić information content (AvgIpc) is 2.84. The normalized spacial score (nSPS) is 18.2. The number of benzene rings is 1. The standard InChI is InChI=1S/C12H15N3O2S/c16-18(17,10-6-2-1-3-7-10)15-12-9-5-4-8-11(12)13-14-15/h4-5,8-10H,1-3,6-7H2. The van der Waals surface area contributed by atoms with E-state index in [2.05, 4.69) is 10.3 Å². The smallest absolute Gasteiger partial charge is 0.204 e. The Labute approximate surface area is 106 Å². The molecule has 1 aromatic carbocycles. The van der Waals surface area contributed by atoms with Crippen molar-refractivity contribution >= 4 is 21.1 Å². The van der Waals surface area contributed by atoms with Crippen LogP contribution in [0.5, 0.6) is 0 Å². The molecule has 0 N–H and O–H groups in total. The van der Waals surface area contributed by atoms with Gasteiger partial charge < -0.3 is 0 Å². The predicted molar refractivity (Wildman–Crippen MR) is 68.7 cm³/mol. The summed E-state index contributed by atoms with van der Waals surface area (Å²) in [4.78, 5) is 0. The van der Waals surface area contributed by atoms with Crippen LogP contribution in [-0.2, 0) is 10.0 Å². The van der Waals surface area contributed by atoms with Gasteiger partial charge in [0.15, 0.2) is 0 Å². The molecule has 1 aliphatic rings. The molecule has 1 aromatic heterocycles. The largest absolute Gasteiger partial charge is 0.258 e.